The number of carbonyl (C=O) groups excluding carboxylic acids is 1. The maximum atomic E-state index is 11.3. The Morgan fingerprint density at radius 3 is 2.90 bits per heavy atom. The average Bonchev–Trinajstić information content (AvgIpc) is 3.03. The number of aromatic nitrogens is 2. The first-order valence-corrected chi connectivity index (χ1v) is 6.79. The molecule has 0 unspecified atom stereocenters. The fourth-order valence-corrected chi connectivity index (χ4v) is 2.80. The van der Waals surface area contributed by atoms with Crippen LogP contribution in [-0.2, 0) is 19.4 Å². The number of aryl methyl sites for hydroxylation is 2. The van der Waals surface area contributed by atoms with Gasteiger partial charge in [0, 0.05) is 5.56 Å². The largest absolute Gasteiger partial charge is 0.383 e. The summed E-state index contributed by atoms with van der Waals surface area (Å²) in [7, 11) is 0. The predicted molar refractivity (Wildman–Crippen MR) is 79.7 cm³/mol. The van der Waals surface area contributed by atoms with Gasteiger partial charge in [0.15, 0.2) is 6.29 Å². The second-order valence-electron chi connectivity index (χ2n) is 5.07. The molecule has 0 fully saturated rings. The highest BCUT2D eigenvalue weighted by atomic mass is 16.1. The predicted octanol–water partition coefficient (Wildman–Crippen LogP) is 2.62. The minimum atomic E-state index is 0.399. The maximum absolute atomic E-state index is 11.3. The summed E-state index contributed by atoms with van der Waals surface area (Å²) < 4.78 is 1.61. The van der Waals surface area contributed by atoms with Gasteiger partial charge in [0.25, 0.3) is 0 Å². The quantitative estimate of drug-likeness (QED) is 0.684. The van der Waals surface area contributed by atoms with Crippen LogP contribution >= 0.6 is 0 Å². The van der Waals surface area contributed by atoms with E-state index in [2.05, 4.69) is 23.8 Å². The number of nitrogens with zero attached hydrogens (tertiary/aromatic N) is 2. The Kier molecular flexibility index (Phi) is 3.14. The molecule has 1 aromatic carbocycles. The molecule has 4 heteroatoms. The second-order valence-corrected chi connectivity index (χ2v) is 5.07. The topological polar surface area (TPSA) is 60.9 Å². The molecule has 1 aliphatic rings. The van der Waals surface area contributed by atoms with Gasteiger partial charge in [-0.1, -0.05) is 18.2 Å². The van der Waals surface area contributed by atoms with Gasteiger partial charge in [-0.3, -0.25) is 4.79 Å². The first kappa shape index (κ1) is 12.7. The van der Waals surface area contributed by atoms with Gasteiger partial charge >= 0.3 is 0 Å². The Bertz CT molecular complexity index is 685. The number of benzene rings is 1. The molecule has 20 heavy (non-hydrogen) atoms. The van der Waals surface area contributed by atoms with Crippen molar-refractivity contribution in [3.8, 4) is 11.3 Å². The van der Waals surface area contributed by atoms with E-state index in [1.165, 1.54) is 17.5 Å². The Balaban J connectivity index is 2.11. The molecule has 1 aliphatic carbocycles. The number of carbonyl (C=O) groups is 1. The highest BCUT2D eigenvalue weighted by molar-refractivity contribution is 5.91. The molecule has 3 rings (SSSR count). The fraction of sp³-hybridized carbons (Fsp3) is 0.250. The molecule has 1 heterocycles. The molecule has 2 aromatic rings. The van der Waals surface area contributed by atoms with E-state index in [9.17, 15) is 4.79 Å². The minimum absolute atomic E-state index is 0.399. The van der Waals surface area contributed by atoms with E-state index in [0.717, 1.165) is 24.7 Å². The van der Waals surface area contributed by atoms with Crippen molar-refractivity contribution in [1.29, 1.82) is 0 Å². The van der Waals surface area contributed by atoms with E-state index < -0.39 is 0 Å². The van der Waals surface area contributed by atoms with E-state index in [0.29, 0.717) is 23.6 Å². The monoisotopic (exact) mass is 267 g/mol. The molecule has 102 valence electrons. The number of rotatable bonds is 4. The third-order valence-corrected chi connectivity index (χ3v) is 3.82. The molecule has 0 atom stereocenters. The van der Waals surface area contributed by atoms with E-state index >= 15 is 0 Å². The van der Waals surface area contributed by atoms with Gasteiger partial charge in [-0.05, 0) is 36.5 Å². The lowest BCUT2D eigenvalue weighted by Crippen LogP contribution is -2.03. The summed E-state index contributed by atoms with van der Waals surface area (Å²) in [4.78, 5) is 11.3. The van der Waals surface area contributed by atoms with Crippen LogP contribution in [0, 0.1) is 0 Å². The van der Waals surface area contributed by atoms with Gasteiger partial charge < -0.3 is 5.73 Å². The van der Waals surface area contributed by atoms with Crippen molar-refractivity contribution in [2.45, 2.75) is 25.8 Å². The molecule has 0 radical (unpaired) electrons. The van der Waals surface area contributed by atoms with Crippen molar-refractivity contribution < 1.29 is 4.79 Å². The summed E-state index contributed by atoms with van der Waals surface area (Å²) in [5, 5.41) is 4.46. The van der Waals surface area contributed by atoms with Gasteiger partial charge in [-0.15, -0.1) is 6.58 Å². The van der Waals surface area contributed by atoms with E-state index in [-0.39, 0.29) is 0 Å². The Morgan fingerprint density at radius 1 is 1.35 bits per heavy atom. The third kappa shape index (κ3) is 1.93. The number of hydrogen-bond acceptors (Lipinski definition) is 3. The van der Waals surface area contributed by atoms with Crippen molar-refractivity contribution in [2.24, 2.45) is 0 Å². The first-order valence-electron chi connectivity index (χ1n) is 6.79. The standard InChI is InChI=1S/C16H17N3O/c1-2-8-19-16(17)14(10-20)15(18-19)13-7-6-11-4-3-5-12(11)9-13/h2,6-7,9-10H,1,3-5,8,17H2. The van der Waals surface area contributed by atoms with E-state index in [1.807, 2.05) is 6.07 Å². The molecule has 0 aliphatic heterocycles. The zero-order valence-electron chi connectivity index (χ0n) is 11.3. The van der Waals surface area contributed by atoms with Crippen LogP contribution in [0.5, 0.6) is 0 Å². The molecular formula is C16H17N3O. The van der Waals surface area contributed by atoms with Gasteiger partial charge in [0.1, 0.15) is 11.5 Å². The van der Waals surface area contributed by atoms with Crippen LogP contribution in [0.3, 0.4) is 0 Å². The lowest BCUT2D eigenvalue weighted by Gasteiger charge is -2.03. The molecule has 0 saturated heterocycles. The van der Waals surface area contributed by atoms with Crippen LogP contribution in [-0.4, -0.2) is 16.1 Å². The number of allylic oxidation sites excluding steroid dienone is 1. The smallest absolute Gasteiger partial charge is 0.156 e. The Morgan fingerprint density at radius 2 is 2.15 bits per heavy atom. The second kappa shape index (κ2) is 4.96. The molecule has 2 N–H and O–H groups in total. The van der Waals surface area contributed by atoms with Crippen molar-refractivity contribution >= 4 is 12.1 Å². The Labute approximate surface area is 117 Å². The van der Waals surface area contributed by atoms with Crippen molar-refractivity contribution in [1.82, 2.24) is 9.78 Å². The van der Waals surface area contributed by atoms with Crippen molar-refractivity contribution in [3.63, 3.8) is 0 Å². The van der Waals surface area contributed by atoms with Crippen molar-refractivity contribution in [2.75, 3.05) is 5.73 Å². The summed E-state index contributed by atoms with van der Waals surface area (Å²) >= 11 is 0. The zero-order valence-corrected chi connectivity index (χ0v) is 11.3. The normalized spacial score (nSPS) is 13.2. The fourth-order valence-electron chi connectivity index (χ4n) is 2.80. The van der Waals surface area contributed by atoms with E-state index in [1.54, 1.807) is 10.8 Å². The lowest BCUT2D eigenvalue weighted by molar-refractivity contribution is 0.112. The van der Waals surface area contributed by atoms with Gasteiger partial charge in [0.2, 0.25) is 0 Å². The summed E-state index contributed by atoms with van der Waals surface area (Å²) in [6, 6.07) is 6.29. The van der Waals surface area contributed by atoms with Crippen LogP contribution in [0.2, 0.25) is 0 Å². The molecule has 0 saturated carbocycles. The van der Waals surface area contributed by atoms with Gasteiger partial charge in [-0.25, -0.2) is 4.68 Å². The molecule has 1 aromatic heterocycles. The molecule has 0 bridgehead atoms. The lowest BCUT2D eigenvalue weighted by atomic mass is 10.0. The van der Waals surface area contributed by atoms with Crippen LogP contribution in [0.25, 0.3) is 11.3 Å². The Hall–Kier alpha value is -2.36. The molecule has 0 spiro atoms. The van der Waals surface area contributed by atoms with Crippen LogP contribution < -0.4 is 5.73 Å². The zero-order chi connectivity index (χ0) is 14.1. The summed E-state index contributed by atoms with van der Waals surface area (Å²) in [6.45, 7) is 4.17. The number of nitrogens with two attached hydrogens (primary N) is 1. The van der Waals surface area contributed by atoms with Crippen LogP contribution in [0.15, 0.2) is 30.9 Å². The number of hydrogen-bond donors (Lipinski definition) is 1. The van der Waals surface area contributed by atoms with E-state index in [4.69, 9.17) is 5.73 Å². The van der Waals surface area contributed by atoms with Crippen LogP contribution in [0.4, 0.5) is 5.82 Å². The highest BCUT2D eigenvalue weighted by Crippen LogP contribution is 2.30. The van der Waals surface area contributed by atoms with Gasteiger partial charge in [-0.2, -0.15) is 5.10 Å². The van der Waals surface area contributed by atoms with Crippen molar-refractivity contribution in [3.05, 3.63) is 47.5 Å². The average molecular weight is 267 g/mol. The molecule has 0 amide bonds. The number of aldehydes is 1. The summed E-state index contributed by atoms with van der Waals surface area (Å²) in [5.41, 5.74) is 10.8. The maximum Gasteiger partial charge on any atom is 0.156 e. The highest BCUT2D eigenvalue weighted by Gasteiger charge is 2.18. The van der Waals surface area contributed by atoms with Gasteiger partial charge in [0.05, 0.1) is 12.1 Å². The first-order chi connectivity index (χ1) is 9.74. The SMILES string of the molecule is C=CCn1nc(-c2ccc3c(c2)CCC3)c(C=O)c1N. The van der Waals surface area contributed by atoms with Crippen LogP contribution in [0.1, 0.15) is 27.9 Å². The number of fused-ring (bicyclic) bond motifs is 1. The molecular weight excluding hydrogens is 250 g/mol. The number of anilines is 1. The minimum Gasteiger partial charge on any atom is -0.383 e. The number of nitrogen functional groups attached to an aromatic ring is 1. The molecule has 4 nitrogen and oxygen atoms in total. The third-order valence-electron chi connectivity index (χ3n) is 3.82. The summed E-state index contributed by atoms with van der Waals surface area (Å²) in [6.07, 6.45) is 5.94. The summed E-state index contributed by atoms with van der Waals surface area (Å²) in [5.74, 6) is 0.399.